The van der Waals surface area contributed by atoms with Gasteiger partial charge in [-0.1, -0.05) is 30.4 Å². The van der Waals surface area contributed by atoms with Crippen molar-refractivity contribution in [1.82, 2.24) is 0 Å². The van der Waals surface area contributed by atoms with Crippen molar-refractivity contribution in [3.05, 3.63) is 42.0 Å². The van der Waals surface area contributed by atoms with Crippen LogP contribution >= 0.6 is 0 Å². The van der Waals surface area contributed by atoms with Crippen LogP contribution < -0.4 is 5.32 Å². The highest BCUT2D eigenvalue weighted by Gasteiger charge is 2.06. The fourth-order valence-corrected chi connectivity index (χ4v) is 1.27. The lowest BCUT2D eigenvalue weighted by atomic mass is 10.1. The van der Waals surface area contributed by atoms with E-state index < -0.39 is 6.10 Å². The zero-order chi connectivity index (χ0) is 9.68. The Hall–Kier alpha value is -1.28. The van der Waals surface area contributed by atoms with Gasteiger partial charge in [-0.05, 0) is 13.0 Å². The molecule has 1 aromatic rings. The zero-order valence-electron chi connectivity index (χ0n) is 7.99. The van der Waals surface area contributed by atoms with Gasteiger partial charge in [-0.15, -0.1) is 0 Å². The first-order chi connectivity index (χ1) is 6.29. The van der Waals surface area contributed by atoms with Gasteiger partial charge in [0, 0.05) is 18.3 Å². The first-order valence-corrected chi connectivity index (χ1v) is 4.37. The minimum absolute atomic E-state index is 0.520. The van der Waals surface area contributed by atoms with Crippen molar-refractivity contribution in [3.8, 4) is 0 Å². The van der Waals surface area contributed by atoms with Crippen LogP contribution in [0.25, 0.3) is 0 Å². The number of rotatable bonds is 3. The summed E-state index contributed by atoms with van der Waals surface area (Å²) in [6.07, 6.45) is 3.08. The van der Waals surface area contributed by atoms with Gasteiger partial charge in [-0.3, -0.25) is 0 Å². The third kappa shape index (κ3) is 2.33. The molecule has 2 heteroatoms. The van der Waals surface area contributed by atoms with Gasteiger partial charge >= 0.3 is 0 Å². The Morgan fingerprint density at radius 2 is 2.08 bits per heavy atom. The van der Waals surface area contributed by atoms with Crippen LogP contribution in [0.2, 0.25) is 0 Å². The highest BCUT2D eigenvalue weighted by molar-refractivity contribution is 5.52. The molecule has 0 aromatic heterocycles. The summed E-state index contributed by atoms with van der Waals surface area (Å²) >= 11 is 0. The van der Waals surface area contributed by atoms with Crippen molar-refractivity contribution in [2.24, 2.45) is 0 Å². The lowest BCUT2D eigenvalue weighted by Crippen LogP contribution is -1.99. The number of benzene rings is 1. The number of allylic oxidation sites excluding steroid dienone is 1. The van der Waals surface area contributed by atoms with Crippen LogP contribution in [-0.2, 0) is 0 Å². The number of anilines is 1. The monoisotopic (exact) mass is 177 g/mol. The summed E-state index contributed by atoms with van der Waals surface area (Å²) in [5.41, 5.74) is 1.87. The molecule has 0 aliphatic heterocycles. The molecule has 0 bridgehead atoms. The Bertz CT molecular complexity index is 294. The molecular weight excluding hydrogens is 162 g/mol. The van der Waals surface area contributed by atoms with E-state index in [0.717, 1.165) is 11.3 Å². The molecule has 0 aliphatic carbocycles. The van der Waals surface area contributed by atoms with E-state index in [1.54, 1.807) is 6.08 Å². The molecule has 0 spiro atoms. The summed E-state index contributed by atoms with van der Waals surface area (Å²) < 4.78 is 0. The first kappa shape index (κ1) is 9.81. The van der Waals surface area contributed by atoms with E-state index in [2.05, 4.69) is 5.32 Å². The Morgan fingerprint density at radius 1 is 1.38 bits per heavy atom. The van der Waals surface area contributed by atoms with Crippen LogP contribution in [0.4, 0.5) is 5.69 Å². The standard InChI is InChI=1S/C11H15NO/c1-3-6-11(13)9-7-4-5-8-10(9)12-2/h3-8,11-13H,1-2H3/b6-3+. The Balaban J connectivity index is 2.98. The van der Waals surface area contributed by atoms with E-state index >= 15 is 0 Å². The molecule has 0 saturated heterocycles. The molecule has 0 heterocycles. The van der Waals surface area contributed by atoms with E-state index in [1.807, 2.05) is 44.3 Å². The van der Waals surface area contributed by atoms with Crippen molar-refractivity contribution in [2.75, 3.05) is 12.4 Å². The van der Waals surface area contributed by atoms with Crippen molar-refractivity contribution >= 4 is 5.69 Å². The average Bonchev–Trinajstić information content (AvgIpc) is 2.18. The highest BCUT2D eigenvalue weighted by Crippen LogP contribution is 2.22. The molecule has 1 unspecified atom stereocenters. The molecule has 2 N–H and O–H groups in total. The normalized spacial score (nSPS) is 13.2. The molecule has 0 amide bonds. The fraction of sp³-hybridized carbons (Fsp3) is 0.273. The van der Waals surface area contributed by atoms with Gasteiger partial charge in [0.25, 0.3) is 0 Å². The van der Waals surface area contributed by atoms with Crippen molar-refractivity contribution in [1.29, 1.82) is 0 Å². The number of hydrogen-bond acceptors (Lipinski definition) is 2. The van der Waals surface area contributed by atoms with Crippen LogP contribution in [0.3, 0.4) is 0 Å². The Labute approximate surface area is 78.9 Å². The SMILES string of the molecule is C/C=C/C(O)c1ccccc1NC. The topological polar surface area (TPSA) is 32.3 Å². The second-order valence-electron chi connectivity index (χ2n) is 2.81. The second kappa shape index (κ2) is 4.67. The van der Waals surface area contributed by atoms with Gasteiger partial charge in [0.05, 0.1) is 6.10 Å². The number of aliphatic hydroxyl groups is 1. The van der Waals surface area contributed by atoms with Gasteiger partial charge in [-0.25, -0.2) is 0 Å². The van der Waals surface area contributed by atoms with E-state index in [9.17, 15) is 5.11 Å². The third-order valence-corrected chi connectivity index (χ3v) is 1.92. The van der Waals surface area contributed by atoms with Crippen LogP contribution in [0.1, 0.15) is 18.6 Å². The predicted molar refractivity (Wildman–Crippen MR) is 55.8 cm³/mol. The molecule has 13 heavy (non-hydrogen) atoms. The molecule has 0 radical (unpaired) electrons. The van der Waals surface area contributed by atoms with E-state index in [4.69, 9.17) is 0 Å². The highest BCUT2D eigenvalue weighted by atomic mass is 16.3. The largest absolute Gasteiger partial charge is 0.388 e. The summed E-state index contributed by atoms with van der Waals surface area (Å²) in [7, 11) is 1.85. The molecule has 70 valence electrons. The number of hydrogen-bond donors (Lipinski definition) is 2. The number of aliphatic hydroxyl groups excluding tert-OH is 1. The lowest BCUT2D eigenvalue weighted by molar-refractivity contribution is 0.229. The molecule has 2 nitrogen and oxygen atoms in total. The van der Waals surface area contributed by atoms with Crippen LogP contribution in [-0.4, -0.2) is 12.2 Å². The van der Waals surface area contributed by atoms with Crippen molar-refractivity contribution in [2.45, 2.75) is 13.0 Å². The number of para-hydroxylation sites is 1. The van der Waals surface area contributed by atoms with Gasteiger partial charge < -0.3 is 10.4 Å². The molecule has 0 aliphatic rings. The first-order valence-electron chi connectivity index (χ1n) is 4.37. The third-order valence-electron chi connectivity index (χ3n) is 1.92. The van der Waals surface area contributed by atoms with Crippen LogP contribution in [0.5, 0.6) is 0 Å². The van der Waals surface area contributed by atoms with E-state index in [1.165, 1.54) is 0 Å². The Morgan fingerprint density at radius 3 is 2.69 bits per heavy atom. The maximum atomic E-state index is 9.71. The smallest absolute Gasteiger partial charge is 0.0991 e. The molecule has 1 aromatic carbocycles. The summed E-state index contributed by atoms with van der Waals surface area (Å²) in [5, 5.41) is 12.7. The van der Waals surface area contributed by atoms with Gasteiger partial charge in [0.15, 0.2) is 0 Å². The fourth-order valence-electron chi connectivity index (χ4n) is 1.27. The molecule has 0 fully saturated rings. The van der Waals surface area contributed by atoms with Gasteiger partial charge in [0.1, 0.15) is 0 Å². The molecule has 1 atom stereocenters. The van der Waals surface area contributed by atoms with Gasteiger partial charge in [0.2, 0.25) is 0 Å². The minimum atomic E-state index is -0.520. The lowest BCUT2D eigenvalue weighted by Gasteiger charge is -2.11. The van der Waals surface area contributed by atoms with Crippen molar-refractivity contribution in [3.63, 3.8) is 0 Å². The Kier molecular flexibility index (Phi) is 3.53. The molecule has 0 saturated carbocycles. The van der Waals surface area contributed by atoms with Crippen molar-refractivity contribution < 1.29 is 5.11 Å². The van der Waals surface area contributed by atoms with E-state index in [-0.39, 0.29) is 0 Å². The predicted octanol–water partition coefficient (Wildman–Crippen LogP) is 2.34. The number of nitrogens with one attached hydrogen (secondary N) is 1. The van der Waals surface area contributed by atoms with Crippen LogP contribution in [0.15, 0.2) is 36.4 Å². The van der Waals surface area contributed by atoms with Crippen LogP contribution in [0, 0.1) is 0 Å². The minimum Gasteiger partial charge on any atom is -0.388 e. The summed E-state index contributed by atoms with van der Waals surface area (Å²) in [4.78, 5) is 0. The zero-order valence-corrected chi connectivity index (χ0v) is 7.99. The second-order valence-corrected chi connectivity index (χ2v) is 2.81. The summed E-state index contributed by atoms with van der Waals surface area (Å²) in [5.74, 6) is 0. The average molecular weight is 177 g/mol. The quantitative estimate of drug-likeness (QED) is 0.694. The maximum absolute atomic E-state index is 9.71. The molecular formula is C11H15NO. The summed E-state index contributed by atoms with van der Waals surface area (Å²) in [6, 6.07) is 7.72. The summed E-state index contributed by atoms with van der Waals surface area (Å²) in [6.45, 7) is 1.89. The van der Waals surface area contributed by atoms with E-state index in [0.29, 0.717) is 0 Å². The molecule has 1 rings (SSSR count). The van der Waals surface area contributed by atoms with Gasteiger partial charge in [-0.2, -0.15) is 0 Å². The maximum Gasteiger partial charge on any atom is 0.0991 e.